The highest BCUT2D eigenvalue weighted by Gasteiger charge is 2.36. The zero-order chi connectivity index (χ0) is 21.5. The van der Waals surface area contributed by atoms with E-state index in [1.54, 1.807) is 12.3 Å². The van der Waals surface area contributed by atoms with E-state index in [1.807, 2.05) is 41.9 Å². The van der Waals surface area contributed by atoms with Crippen molar-refractivity contribution in [2.75, 3.05) is 6.61 Å². The number of benzene rings is 2. The molecule has 31 heavy (non-hydrogen) atoms. The fourth-order valence-electron chi connectivity index (χ4n) is 4.93. The van der Waals surface area contributed by atoms with E-state index in [-0.39, 0.29) is 17.0 Å². The number of aromatic nitrogens is 2. The van der Waals surface area contributed by atoms with Crippen LogP contribution >= 0.6 is 0 Å². The Morgan fingerprint density at radius 2 is 1.84 bits per heavy atom. The first-order chi connectivity index (χ1) is 14.9. The van der Waals surface area contributed by atoms with E-state index >= 15 is 0 Å². The van der Waals surface area contributed by atoms with E-state index < -0.39 is 0 Å². The Hall–Kier alpha value is -3.73. The number of para-hydroxylation sites is 1. The molecular weight excluding hydrogens is 388 g/mol. The molecule has 3 heterocycles. The molecule has 0 atom stereocenters. The van der Waals surface area contributed by atoms with Gasteiger partial charge in [-0.3, -0.25) is 14.6 Å². The lowest BCUT2D eigenvalue weighted by Crippen LogP contribution is -2.22. The topological polar surface area (TPSA) is 61.2 Å². The lowest BCUT2D eigenvalue weighted by Gasteiger charge is -2.15. The number of nitrogens with zero attached hydrogens (tertiary/aromatic N) is 2. The van der Waals surface area contributed by atoms with Gasteiger partial charge in [-0.2, -0.15) is 0 Å². The number of hydrogen-bond donors (Lipinski definition) is 0. The number of fused-ring (bicyclic) bond motifs is 5. The summed E-state index contributed by atoms with van der Waals surface area (Å²) in [6, 6.07) is 13.8. The molecule has 0 saturated carbocycles. The summed E-state index contributed by atoms with van der Waals surface area (Å²) < 4.78 is 7.91. The largest absolute Gasteiger partial charge is 0.492 e. The van der Waals surface area contributed by atoms with E-state index in [2.05, 4.69) is 24.9 Å². The number of rotatable bonds is 1. The van der Waals surface area contributed by atoms with Gasteiger partial charge in [-0.05, 0) is 23.8 Å². The smallest absolute Gasteiger partial charge is 0.211 e. The van der Waals surface area contributed by atoms with Crippen molar-refractivity contribution < 1.29 is 14.3 Å². The molecule has 5 heteroatoms. The standard InChI is InChI=1S/C26H20N2O3/c1-26(2)13-31-25-15(5-4-6-19(25)26)14-7-8-20-17(11-14)21-22(28(20)3)24(30)16-9-10-27-12-18(16)23(21)29/h4-12H,13H2,1-3H3. The van der Waals surface area contributed by atoms with Crippen molar-refractivity contribution in [2.45, 2.75) is 19.3 Å². The Labute approximate surface area is 179 Å². The average Bonchev–Trinajstić information content (AvgIpc) is 3.25. The van der Waals surface area contributed by atoms with Gasteiger partial charge >= 0.3 is 0 Å². The maximum Gasteiger partial charge on any atom is 0.211 e. The van der Waals surface area contributed by atoms with E-state index in [4.69, 9.17) is 4.74 Å². The highest BCUT2D eigenvalue weighted by atomic mass is 16.5. The molecule has 1 aliphatic carbocycles. The number of carbonyl (C=O) groups excluding carboxylic acids is 2. The SMILES string of the molecule is Cn1c2c(c3cc(-c4cccc5c4OCC5(C)C)ccc31)C(=O)c1cnccc1C2=O. The lowest BCUT2D eigenvalue weighted by molar-refractivity contribution is 0.0975. The van der Waals surface area contributed by atoms with Gasteiger partial charge in [-0.25, -0.2) is 0 Å². The Kier molecular flexibility index (Phi) is 3.45. The molecule has 2 aromatic carbocycles. The van der Waals surface area contributed by atoms with Gasteiger partial charge in [0.1, 0.15) is 11.4 Å². The predicted molar refractivity (Wildman–Crippen MR) is 118 cm³/mol. The Bertz CT molecular complexity index is 1460. The number of pyridine rings is 1. The molecule has 0 bridgehead atoms. The molecular formula is C26H20N2O3. The molecule has 2 aliphatic rings. The maximum atomic E-state index is 13.4. The van der Waals surface area contributed by atoms with Crippen LogP contribution in [0.15, 0.2) is 54.9 Å². The molecule has 6 rings (SSSR count). The Morgan fingerprint density at radius 3 is 2.68 bits per heavy atom. The summed E-state index contributed by atoms with van der Waals surface area (Å²) in [4.78, 5) is 30.6. The summed E-state index contributed by atoms with van der Waals surface area (Å²) in [5, 5.41) is 0.776. The minimum atomic E-state index is -0.156. The predicted octanol–water partition coefficient (Wildman–Crippen LogP) is 4.69. The molecule has 0 N–H and O–H groups in total. The highest BCUT2D eigenvalue weighted by molar-refractivity contribution is 6.32. The first kappa shape index (κ1) is 18.1. The third kappa shape index (κ3) is 2.29. The molecule has 5 nitrogen and oxygen atoms in total. The molecule has 152 valence electrons. The van der Waals surface area contributed by atoms with Crippen LogP contribution in [0.1, 0.15) is 51.4 Å². The second-order valence-corrected chi connectivity index (χ2v) is 8.95. The molecule has 0 unspecified atom stereocenters. The van der Waals surface area contributed by atoms with Crippen molar-refractivity contribution in [3.05, 3.63) is 82.8 Å². The van der Waals surface area contributed by atoms with Gasteiger partial charge in [-0.15, -0.1) is 0 Å². The van der Waals surface area contributed by atoms with Crippen LogP contribution in [0.5, 0.6) is 5.75 Å². The van der Waals surface area contributed by atoms with Crippen molar-refractivity contribution >= 4 is 22.5 Å². The zero-order valence-corrected chi connectivity index (χ0v) is 17.5. The third-order valence-electron chi connectivity index (χ3n) is 6.58. The number of carbonyl (C=O) groups is 2. The van der Waals surface area contributed by atoms with Crippen molar-refractivity contribution in [1.29, 1.82) is 0 Å². The van der Waals surface area contributed by atoms with Crippen molar-refractivity contribution in [2.24, 2.45) is 7.05 Å². The normalized spacial score (nSPS) is 16.1. The minimum Gasteiger partial charge on any atom is -0.492 e. The first-order valence-corrected chi connectivity index (χ1v) is 10.3. The van der Waals surface area contributed by atoms with E-state index in [0.717, 1.165) is 27.8 Å². The van der Waals surface area contributed by atoms with Crippen LogP contribution in [0.2, 0.25) is 0 Å². The summed E-state index contributed by atoms with van der Waals surface area (Å²) in [7, 11) is 1.84. The molecule has 1 aliphatic heterocycles. The fraction of sp³-hybridized carbons (Fsp3) is 0.192. The van der Waals surface area contributed by atoms with Gasteiger partial charge in [-0.1, -0.05) is 38.1 Å². The van der Waals surface area contributed by atoms with Crippen LogP contribution in [0.4, 0.5) is 0 Å². The average molecular weight is 408 g/mol. The lowest BCUT2D eigenvalue weighted by atomic mass is 9.85. The third-order valence-corrected chi connectivity index (χ3v) is 6.58. The first-order valence-electron chi connectivity index (χ1n) is 10.3. The van der Waals surface area contributed by atoms with Crippen LogP contribution in [-0.4, -0.2) is 27.7 Å². The quantitative estimate of drug-likeness (QED) is 0.404. The minimum absolute atomic E-state index is 0.0412. The van der Waals surface area contributed by atoms with Crippen LogP contribution in [-0.2, 0) is 12.5 Å². The second-order valence-electron chi connectivity index (χ2n) is 8.95. The van der Waals surface area contributed by atoms with Gasteiger partial charge in [0.25, 0.3) is 0 Å². The summed E-state index contributed by atoms with van der Waals surface area (Å²) in [5.41, 5.74) is 5.63. The van der Waals surface area contributed by atoms with Crippen LogP contribution in [0.3, 0.4) is 0 Å². The summed E-state index contributed by atoms with van der Waals surface area (Å²) in [5.74, 6) is 0.600. The van der Waals surface area contributed by atoms with Crippen molar-refractivity contribution in [3.8, 4) is 16.9 Å². The molecule has 0 amide bonds. The van der Waals surface area contributed by atoms with Crippen molar-refractivity contribution in [3.63, 3.8) is 0 Å². The van der Waals surface area contributed by atoms with Crippen molar-refractivity contribution in [1.82, 2.24) is 9.55 Å². The van der Waals surface area contributed by atoms with E-state index in [1.165, 1.54) is 11.8 Å². The number of hydrogen-bond acceptors (Lipinski definition) is 4. The molecule has 0 spiro atoms. The monoisotopic (exact) mass is 408 g/mol. The molecule has 4 aromatic rings. The second kappa shape index (κ2) is 5.91. The maximum absolute atomic E-state index is 13.4. The summed E-state index contributed by atoms with van der Waals surface area (Å²) in [6.07, 6.45) is 3.04. The van der Waals surface area contributed by atoms with Crippen LogP contribution in [0.25, 0.3) is 22.0 Å². The zero-order valence-electron chi connectivity index (χ0n) is 17.5. The van der Waals surface area contributed by atoms with E-state index in [0.29, 0.717) is 29.0 Å². The Morgan fingerprint density at radius 1 is 1.00 bits per heavy atom. The summed E-state index contributed by atoms with van der Waals surface area (Å²) >= 11 is 0. The molecule has 0 radical (unpaired) electrons. The van der Waals surface area contributed by atoms with Gasteiger partial charge in [0.2, 0.25) is 5.78 Å². The fourth-order valence-corrected chi connectivity index (χ4v) is 4.93. The number of ketones is 2. The number of ether oxygens (including phenoxy) is 1. The van der Waals surface area contributed by atoms with Gasteiger partial charge in [0, 0.05) is 52.4 Å². The Balaban J connectivity index is 1.61. The summed E-state index contributed by atoms with van der Waals surface area (Å²) in [6.45, 7) is 4.99. The molecule has 2 aromatic heterocycles. The highest BCUT2D eigenvalue weighted by Crippen LogP contribution is 2.45. The van der Waals surface area contributed by atoms with Crippen LogP contribution in [0, 0.1) is 0 Å². The van der Waals surface area contributed by atoms with Gasteiger partial charge < -0.3 is 9.30 Å². The molecule has 0 fully saturated rings. The van der Waals surface area contributed by atoms with E-state index in [9.17, 15) is 9.59 Å². The van der Waals surface area contributed by atoms with Gasteiger partial charge in [0.05, 0.1) is 17.7 Å². The molecule has 0 saturated heterocycles. The van der Waals surface area contributed by atoms with Crippen LogP contribution < -0.4 is 4.74 Å². The van der Waals surface area contributed by atoms with Gasteiger partial charge in [0.15, 0.2) is 5.78 Å². The number of aryl methyl sites for hydroxylation is 1.